The molecule has 108 valence electrons. The Hall–Kier alpha value is -1.89. The zero-order valence-corrected chi connectivity index (χ0v) is 10.5. The smallest absolute Gasteiger partial charge is 0.326 e. The largest absolute Gasteiger partial charge is 0.389 e. The summed E-state index contributed by atoms with van der Waals surface area (Å²) in [6, 6.07) is 5.38. The molecule has 1 aliphatic rings. The molecule has 1 aromatic rings. The molecule has 0 radical (unpaired) electrons. The average molecular weight is 286 g/mol. The van der Waals surface area contributed by atoms with Crippen LogP contribution in [0.5, 0.6) is 0 Å². The van der Waals surface area contributed by atoms with Crippen molar-refractivity contribution in [3.8, 4) is 0 Å². The van der Waals surface area contributed by atoms with Crippen LogP contribution >= 0.6 is 0 Å². The molecule has 1 atom stereocenters. The van der Waals surface area contributed by atoms with E-state index in [1.807, 2.05) is 0 Å². The van der Waals surface area contributed by atoms with Gasteiger partial charge < -0.3 is 5.73 Å². The van der Waals surface area contributed by atoms with Crippen molar-refractivity contribution in [3.63, 3.8) is 0 Å². The van der Waals surface area contributed by atoms with E-state index in [-0.39, 0.29) is 24.1 Å². The number of imide groups is 1. The first-order chi connectivity index (χ1) is 9.29. The summed E-state index contributed by atoms with van der Waals surface area (Å²) in [5.41, 5.74) is 6.10. The van der Waals surface area contributed by atoms with Gasteiger partial charge in [-0.1, -0.05) is 12.1 Å². The molecule has 0 bridgehead atoms. The van der Waals surface area contributed by atoms with E-state index in [4.69, 9.17) is 5.73 Å². The fourth-order valence-electron chi connectivity index (χ4n) is 2.08. The van der Waals surface area contributed by atoms with Crippen LogP contribution in [0, 0.1) is 0 Å². The van der Waals surface area contributed by atoms with Crippen molar-refractivity contribution in [2.75, 3.05) is 6.54 Å². The molecule has 2 N–H and O–H groups in total. The fraction of sp³-hybridized carbons (Fsp3) is 0.385. The number of halogens is 3. The Morgan fingerprint density at radius 1 is 1.10 bits per heavy atom. The van der Waals surface area contributed by atoms with Crippen LogP contribution in [0.15, 0.2) is 24.3 Å². The minimum absolute atomic E-state index is 0.206. The maximum absolute atomic E-state index is 12.1. The lowest BCUT2D eigenvalue weighted by Gasteiger charge is -2.19. The van der Waals surface area contributed by atoms with Gasteiger partial charge in [-0.2, -0.15) is 13.2 Å². The molecule has 0 aromatic heterocycles. The zero-order valence-electron chi connectivity index (χ0n) is 10.5. The number of carbonyl (C=O) groups is 2. The summed E-state index contributed by atoms with van der Waals surface area (Å²) in [4.78, 5) is 24.9. The van der Waals surface area contributed by atoms with Crippen molar-refractivity contribution in [1.82, 2.24) is 4.90 Å². The number of alkyl halides is 3. The minimum Gasteiger partial charge on any atom is -0.326 e. The summed E-state index contributed by atoms with van der Waals surface area (Å²) < 4.78 is 36.3. The maximum Gasteiger partial charge on any atom is 0.389 e. The predicted octanol–water partition coefficient (Wildman–Crippen LogP) is 1.95. The van der Waals surface area contributed by atoms with Gasteiger partial charge in [0.05, 0.1) is 11.1 Å². The van der Waals surface area contributed by atoms with Gasteiger partial charge in [-0.15, -0.1) is 0 Å². The van der Waals surface area contributed by atoms with Gasteiger partial charge in [0, 0.05) is 19.0 Å². The van der Waals surface area contributed by atoms with Crippen molar-refractivity contribution in [1.29, 1.82) is 0 Å². The second-order valence-electron chi connectivity index (χ2n) is 4.68. The quantitative estimate of drug-likeness (QED) is 0.860. The van der Waals surface area contributed by atoms with E-state index in [2.05, 4.69) is 0 Å². The number of benzene rings is 1. The van der Waals surface area contributed by atoms with Gasteiger partial charge in [-0.3, -0.25) is 14.5 Å². The molecule has 2 rings (SSSR count). The van der Waals surface area contributed by atoms with E-state index < -0.39 is 30.5 Å². The van der Waals surface area contributed by atoms with Crippen LogP contribution in [0.3, 0.4) is 0 Å². The van der Waals surface area contributed by atoms with Gasteiger partial charge in [-0.25, -0.2) is 0 Å². The normalized spacial score (nSPS) is 16.5. The molecule has 1 aromatic carbocycles. The fourth-order valence-corrected chi connectivity index (χ4v) is 2.08. The van der Waals surface area contributed by atoms with Crippen molar-refractivity contribution in [3.05, 3.63) is 35.4 Å². The summed E-state index contributed by atoms with van der Waals surface area (Å²) in [6.07, 6.45) is -5.64. The molecule has 1 aliphatic heterocycles. The number of fused-ring (bicyclic) bond motifs is 1. The highest BCUT2D eigenvalue weighted by Gasteiger charge is 2.36. The average Bonchev–Trinajstić information content (AvgIpc) is 2.62. The molecular formula is C13H13F3N2O2. The highest BCUT2D eigenvalue weighted by molar-refractivity contribution is 6.21. The van der Waals surface area contributed by atoms with Crippen molar-refractivity contribution in [2.45, 2.75) is 25.1 Å². The number of hydrogen-bond donors (Lipinski definition) is 1. The van der Waals surface area contributed by atoms with Crippen molar-refractivity contribution < 1.29 is 22.8 Å². The van der Waals surface area contributed by atoms with E-state index in [1.54, 1.807) is 12.1 Å². The molecule has 4 nitrogen and oxygen atoms in total. The third kappa shape index (κ3) is 2.98. The summed E-state index contributed by atoms with van der Waals surface area (Å²) in [6.45, 7) is -0.206. The van der Waals surface area contributed by atoms with Crippen molar-refractivity contribution >= 4 is 11.8 Å². The van der Waals surface area contributed by atoms with E-state index in [0.29, 0.717) is 0 Å². The first kappa shape index (κ1) is 14.5. The van der Waals surface area contributed by atoms with Crippen LogP contribution in [0.4, 0.5) is 13.2 Å². The third-order valence-electron chi connectivity index (χ3n) is 3.09. The van der Waals surface area contributed by atoms with Gasteiger partial charge in [0.15, 0.2) is 0 Å². The zero-order chi connectivity index (χ0) is 14.9. The predicted molar refractivity (Wildman–Crippen MR) is 65.1 cm³/mol. The molecule has 0 saturated heterocycles. The number of nitrogens with zero attached hydrogens (tertiary/aromatic N) is 1. The third-order valence-corrected chi connectivity index (χ3v) is 3.09. The topological polar surface area (TPSA) is 63.4 Å². The first-order valence-electron chi connectivity index (χ1n) is 6.07. The van der Waals surface area contributed by atoms with Gasteiger partial charge in [0.25, 0.3) is 11.8 Å². The Balaban J connectivity index is 2.02. The molecule has 1 heterocycles. The first-order valence-corrected chi connectivity index (χ1v) is 6.07. The van der Waals surface area contributed by atoms with Crippen LogP contribution in [0.1, 0.15) is 33.6 Å². The van der Waals surface area contributed by atoms with Gasteiger partial charge in [-0.05, 0) is 18.6 Å². The Morgan fingerprint density at radius 3 is 2.05 bits per heavy atom. The van der Waals surface area contributed by atoms with Crippen LogP contribution in [0.25, 0.3) is 0 Å². The van der Waals surface area contributed by atoms with E-state index >= 15 is 0 Å². The molecule has 0 aliphatic carbocycles. The molecule has 2 amide bonds. The van der Waals surface area contributed by atoms with E-state index in [9.17, 15) is 22.8 Å². The standard InChI is InChI=1S/C13H13F3N2O2/c14-13(15,16)6-5-8(17)7-18-11(19)9-3-1-2-4-10(9)12(18)20/h1-4,8H,5-7,17H2/t8-/m1/s1. The highest BCUT2D eigenvalue weighted by Crippen LogP contribution is 2.25. The number of carbonyl (C=O) groups excluding carboxylic acids is 2. The molecule has 7 heteroatoms. The Kier molecular flexibility index (Phi) is 3.80. The second-order valence-corrected chi connectivity index (χ2v) is 4.68. The maximum atomic E-state index is 12.1. The van der Waals surface area contributed by atoms with Gasteiger partial charge in [0.1, 0.15) is 0 Å². The summed E-state index contributed by atoms with van der Waals surface area (Å²) in [5.74, 6) is -1.01. The van der Waals surface area contributed by atoms with Crippen LogP contribution in [0.2, 0.25) is 0 Å². The molecular weight excluding hydrogens is 273 g/mol. The molecule has 0 saturated carbocycles. The summed E-state index contributed by atoms with van der Waals surface area (Å²) in [5, 5.41) is 0. The van der Waals surface area contributed by atoms with Gasteiger partial charge in [0.2, 0.25) is 0 Å². The second kappa shape index (κ2) is 5.24. The number of amides is 2. The molecule has 0 fully saturated rings. The van der Waals surface area contributed by atoms with E-state index in [0.717, 1.165) is 4.90 Å². The molecule has 0 unspecified atom stereocenters. The number of hydrogen-bond acceptors (Lipinski definition) is 3. The number of nitrogens with two attached hydrogens (primary N) is 1. The lowest BCUT2D eigenvalue weighted by molar-refractivity contribution is -0.136. The van der Waals surface area contributed by atoms with Crippen LogP contribution in [-0.4, -0.2) is 35.5 Å². The summed E-state index contributed by atoms with van der Waals surface area (Å²) in [7, 11) is 0. The molecule has 0 spiro atoms. The SMILES string of the molecule is N[C@H](CCC(F)(F)F)CN1C(=O)c2ccccc2C1=O. The van der Waals surface area contributed by atoms with Gasteiger partial charge >= 0.3 is 6.18 Å². The highest BCUT2D eigenvalue weighted by atomic mass is 19.4. The lowest BCUT2D eigenvalue weighted by Crippen LogP contribution is -2.41. The monoisotopic (exact) mass is 286 g/mol. The van der Waals surface area contributed by atoms with Crippen LogP contribution < -0.4 is 5.73 Å². The minimum atomic E-state index is -4.29. The Bertz CT molecular complexity index is 508. The Morgan fingerprint density at radius 2 is 1.60 bits per heavy atom. The summed E-state index contributed by atoms with van der Waals surface area (Å²) >= 11 is 0. The van der Waals surface area contributed by atoms with E-state index in [1.165, 1.54) is 12.1 Å². The number of rotatable bonds is 4. The van der Waals surface area contributed by atoms with Crippen molar-refractivity contribution in [2.24, 2.45) is 5.73 Å². The Labute approximate surface area is 113 Å². The molecule has 20 heavy (non-hydrogen) atoms. The lowest BCUT2D eigenvalue weighted by atomic mass is 10.1. The van der Waals surface area contributed by atoms with Crippen LogP contribution in [-0.2, 0) is 0 Å².